The quantitative estimate of drug-likeness (QED) is 0.632. The number of hydrogen-bond donors (Lipinski definition) is 0. The molecule has 1 aliphatic rings. The third kappa shape index (κ3) is 4.41. The molecule has 6 heteroatoms. The van der Waals surface area contributed by atoms with Gasteiger partial charge in [0.05, 0.1) is 19.8 Å². The Hall–Kier alpha value is -1.53. The van der Waals surface area contributed by atoms with Crippen molar-refractivity contribution in [1.82, 2.24) is 0 Å². The monoisotopic (exact) mass is 382 g/mol. The van der Waals surface area contributed by atoms with Gasteiger partial charge in [0.1, 0.15) is 18.9 Å². The van der Waals surface area contributed by atoms with Crippen LogP contribution < -0.4 is 0 Å². The van der Waals surface area contributed by atoms with E-state index >= 15 is 0 Å². The highest BCUT2D eigenvalue weighted by molar-refractivity contribution is 6.20. The van der Waals surface area contributed by atoms with Crippen molar-refractivity contribution in [1.29, 1.82) is 0 Å². The Bertz CT molecular complexity index is 673. The van der Waals surface area contributed by atoms with E-state index in [-0.39, 0.29) is 13.2 Å². The number of benzene rings is 2. The standard InChI is InChI=1S/C20H21ClF2O3/c21-19-20(23,14-22)18(25-12-16-9-5-2-6-10-16)17(26-19)13-24-11-15-7-3-1-4-8-15/h1-10,17-19H,11-14H2/t17-,18+,19-,20?/m1/s1. The van der Waals surface area contributed by atoms with Gasteiger partial charge in [0.2, 0.25) is 5.67 Å². The predicted octanol–water partition coefficient (Wildman–Crippen LogP) is 4.43. The van der Waals surface area contributed by atoms with Crippen LogP contribution in [0.2, 0.25) is 0 Å². The first-order valence-electron chi connectivity index (χ1n) is 8.45. The molecule has 3 nitrogen and oxygen atoms in total. The Morgan fingerprint density at radius 3 is 2.12 bits per heavy atom. The molecule has 0 aliphatic carbocycles. The highest BCUT2D eigenvalue weighted by Gasteiger charge is 2.58. The summed E-state index contributed by atoms with van der Waals surface area (Å²) in [5.74, 6) is 0. The van der Waals surface area contributed by atoms with E-state index in [1.807, 2.05) is 60.7 Å². The number of rotatable bonds is 8. The second-order valence-corrected chi connectivity index (χ2v) is 6.67. The van der Waals surface area contributed by atoms with Crippen LogP contribution in [0.25, 0.3) is 0 Å². The zero-order chi connectivity index (χ0) is 18.4. The van der Waals surface area contributed by atoms with E-state index in [0.29, 0.717) is 6.61 Å². The summed E-state index contributed by atoms with van der Waals surface area (Å²) in [4.78, 5) is 0. The van der Waals surface area contributed by atoms with E-state index < -0.39 is 30.1 Å². The number of hydrogen-bond acceptors (Lipinski definition) is 3. The minimum Gasteiger partial charge on any atom is -0.374 e. The van der Waals surface area contributed by atoms with Gasteiger partial charge in [-0.2, -0.15) is 0 Å². The molecule has 0 aromatic heterocycles. The van der Waals surface area contributed by atoms with E-state index in [1.54, 1.807) is 0 Å². The van der Waals surface area contributed by atoms with Crippen molar-refractivity contribution < 1.29 is 23.0 Å². The zero-order valence-corrected chi connectivity index (χ0v) is 14.9. The number of halogens is 3. The number of alkyl halides is 3. The molecule has 2 aromatic carbocycles. The smallest absolute Gasteiger partial charge is 0.207 e. The molecule has 1 aliphatic heterocycles. The summed E-state index contributed by atoms with van der Waals surface area (Å²) in [7, 11) is 0. The van der Waals surface area contributed by atoms with Crippen molar-refractivity contribution in [2.45, 2.75) is 36.7 Å². The van der Waals surface area contributed by atoms with Crippen molar-refractivity contribution in [3.8, 4) is 0 Å². The third-order valence-corrected chi connectivity index (χ3v) is 4.82. The Labute approximate surface area is 156 Å². The molecule has 1 saturated heterocycles. The lowest BCUT2D eigenvalue weighted by Crippen LogP contribution is -2.47. The fourth-order valence-corrected chi connectivity index (χ4v) is 3.23. The highest BCUT2D eigenvalue weighted by Crippen LogP contribution is 2.40. The average molecular weight is 383 g/mol. The summed E-state index contributed by atoms with van der Waals surface area (Å²) in [6.07, 6.45) is -1.93. The number of ether oxygens (including phenoxy) is 3. The van der Waals surface area contributed by atoms with Gasteiger partial charge in [-0.25, -0.2) is 8.78 Å². The van der Waals surface area contributed by atoms with Gasteiger partial charge in [0, 0.05) is 0 Å². The SMILES string of the molecule is FCC1(F)[C@H](Cl)O[C@H](COCc2ccccc2)[C@@H]1OCc1ccccc1. The van der Waals surface area contributed by atoms with Crippen molar-refractivity contribution in [2.75, 3.05) is 13.3 Å². The van der Waals surface area contributed by atoms with E-state index in [0.717, 1.165) is 11.1 Å². The molecular formula is C20H21ClF2O3. The van der Waals surface area contributed by atoms with Crippen molar-refractivity contribution in [2.24, 2.45) is 0 Å². The van der Waals surface area contributed by atoms with E-state index in [9.17, 15) is 8.78 Å². The topological polar surface area (TPSA) is 27.7 Å². The summed E-state index contributed by atoms with van der Waals surface area (Å²) in [6, 6.07) is 18.8. The molecule has 0 amide bonds. The molecule has 0 spiro atoms. The fraction of sp³-hybridized carbons (Fsp3) is 0.400. The van der Waals surface area contributed by atoms with Crippen LogP contribution in [0, 0.1) is 0 Å². The molecule has 4 atom stereocenters. The van der Waals surface area contributed by atoms with Crippen molar-refractivity contribution in [3.63, 3.8) is 0 Å². The molecule has 26 heavy (non-hydrogen) atoms. The molecule has 3 rings (SSSR count). The Morgan fingerprint density at radius 1 is 0.962 bits per heavy atom. The lowest BCUT2D eigenvalue weighted by atomic mass is 9.99. The molecule has 0 N–H and O–H groups in total. The van der Waals surface area contributed by atoms with Crippen LogP contribution in [0.3, 0.4) is 0 Å². The van der Waals surface area contributed by atoms with Crippen molar-refractivity contribution in [3.05, 3.63) is 71.8 Å². The van der Waals surface area contributed by atoms with Crippen LogP contribution in [0.5, 0.6) is 0 Å². The van der Waals surface area contributed by atoms with Gasteiger partial charge >= 0.3 is 0 Å². The van der Waals surface area contributed by atoms with Gasteiger partial charge in [0.25, 0.3) is 0 Å². The first-order chi connectivity index (χ1) is 12.6. The molecule has 1 unspecified atom stereocenters. The molecule has 1 fully saturated rings. The normalized spacial score (nSPS) is 28.3. The van der Waals surface area contributed by atoms with Crippen LogP contribution in [-0.4, -0.2) is 36.7 Å². The minimum atomic E-state index is -2.41. The Balaban J connectivity index is 1.62. The zero-order valence-electron chi connectivity index (χ0n) is 14.2. The maximum Gasteiger partial charge on any atom is 0.207 e. The molecule has 0 radical (unpaired) electrons. The van der Waals surface area contributed by atoms with Gasteiger partial charge in [-0.3, -0.25) is 0 Å². The lowest BCUT2D eigenvalue weighted by molar-refractivity contribution is -0.0870. The lowest BCUT2D eigenvalue weighted by Gasteiger charge is -2.27. The minimum absolute atomic E-state index is 0.0588. The summed E-state index contributed by atoms with van der Waals surface area (Å²) in [6.45, 7) is -0.744. The molecule has 140 valence electrons. The second kappa shape index (κ2) is 8.91. The van der Waals surface area contributed by atoms with Gasteiger partial charge in [0.15, 0.2) is 5.56 Å². The van der Waals surface area contributed by atoms with Crippen LogP contribution in [0.15, 0.2) is 60.7 Å². The summed E-state index contributed by atoms with van der Waals surface area (Å²) >= 11 is 5.91. The summed E-state index contributed by atoms with van der Waals surface area (Å²) in [5.41, 5.74) is -1.99. The predicted molar refractivity (Wildman–Crippen MR) is 95.4 cm³/mol. The molecule has 2 aromatic rings. The van der Waals surface area contributed by atoms with Gasteiger partial charge in [-0.05, 0) is 11.1 Å². The first-order valence-corrected chi connectivity index (χ1v) is 8.88. The molecule has 1 heterocycles. The Kier molecular flexibility index (Phi) is 6.59. The van der Waals surface area contributed by atoms with E-state index in [2.05, 4.69) is 0 Å². The highest BCUT2D eigenvalue weighted by atomic mass is 35.5. The van der Waals surface area contributed by atoms with Gasteiger partial charge in [-0.15, -0.1) is 0 Å². The van der Waals surface area contributed by atoms with E-state index in [1.165, 1.54) is 0 Å². The largest absolute Gasteiger partial charge is 0.374 e. The maximum atomic E-state index is 15.0. The second-order valence-electron chi connectivity index (χ2n) is 6.27. The maximum absolute atomic E-state index is 15.0. The fourth-order valence-electron chi connectivity index (χ4n) is 2.91. The van der Waals surface area contributed by atoms with Crippen LogP contribution in [-0.2, 0) is 27.4 Å². The van der Waals surface area contributed by atoms with Crippen LogP contribution >= 0.6 is 11.6 Å². The van der Waals surface area contributed by atoms with Gasteiger partial charge < -0.3 is 14.2 Å². The summed E-state index contributed by atoms with van der Waals surface area (Å²) < 4.78 is 45.1. The molecular weight excluding hydrogens is 362 g/mol. The van der Waals surface area contributed by atoms with Crippen LogP contribution in [0.1, 0.15) is 11.1 Å². The Morgan fingerprint density at radius 2 is 1.54 bits per heavy atom. The molecule has 0 saturated carbocycles. The van der Waals surface area contributed by atoms with Crippen molar-refractivity contribution >= 4 is 11.6 Å². The van der Waals surface area contributed by atoms with E-state index in [4.69, 9.17) is 25.8 Å². The first kappa shape index (κ1) is 19.2. The average Bonchev–Trinajstić information content (AvgIpc) is 2.92. The van der Waals surface area contributed by atoms with Crippen LogP contribution in [0.4, 0.5) is 8.78 Å². The molecule has 0 bridgehead atoms. The third-order valence-electron chi connectivity index (χ3n) is 4.35. The summed E-state index contributed by atoms with van der Waals surface area (Å²) in [5, 5.41) is 0. The van der Waals surface area contributed by atoms with Gasteiger partial charge in [-0.1, -0.05) is 72.3 Å².